The number of esters is 2. The van der Waals surface area contributed by atoms with Crippen molar-refractivity contribution in [1.82, 2.24) is 15.1 Å². The number of piperazine rings is 1. The number of hydrogen-bond donors (Lipinski definition) is 1. The second-order valence-electron chi connectivity index (χ2n) is 12.0. The molecule has 0 bridgehead atoms. The molecule has 266 valence electrons. The zero-order chi connectivity index (χ0) is 35.8. The highest BCUT2D eigenvalue weighted by Gasteiger charge is 2.28. The number of nitrogens with one attached hydrogen (secondary N) is 1. The molecule has 1 aliphatic heterocycles. The van der Waals surface area contributed by atoms with Crippen molar-refractivity contribution < 1.29 is 33.3 Å². The van der Waals surface area contributed by atoms with Crippen LogP contribution in [0.4, 0.5) is 0 Å². The van der Waals surface area contributed by atoms with Crippen LogP contribution in [0.15, 0.2) is 73.1 Å². The van der Waals surface area contributed by atoms with E-state index in [2.05, 4.69) is 22.2 Å². The predicted molar refractivity (Wildman–Crippen MR) is 192 cm³/mol. The number of carbonyl (C=O) groups excluding carboxylic acids is 2. The highest BCUT2D eigenvalue weighted by atomic mass is 35.5. The van der Waals surface area contributed by atoms with Crippen LogP contribution >= 0.6 is 34.5 Å². The van der Waals surface area contributed by atoms with Crippen LogP contribution in [0.25, 0.3) is 0 Å². The summed E-state index contributed by atoms with van der Waals surface area (Å²) < 4.78 is 23.3. The normalized spacial score (nSPS) is 16.4. The van der Waals surface area contributed by atoms with E-state index in [1.165, 1.54) is 38.0 Å². The van der Waals surface area contributed by atoms with Gasteiger partial charge in [-0.3, -0.25) is 10.2 Å². The van der Waals surface area contributed by atoms with Crippen LogP contribution in [0.3, 0.4) is 0 Å². The van der Waals surface area contributed by atoms with E-state index >= 15 is 0 Å². The van der Waals surface area contributed by atoms with E-state index < -0.39 is 18.1 Å². The largest absolute Gasteiger partial charge is 0.619 e. The molecule has 2 aromatic carbocycles. The molecule has 3 atom stereocenters. The lowest BCUT2D eigenvalue weighted by atomic mass is 10.0. The average Bonchev–Trinajstić information content (AvgIpc) is 3.59. The van der Waals surface area contributed by atoms with Crippen LogP contribution in [-0.2, 0) is 27.2 Å². The van der Waals surface area contributed by atoms with Gasteiger partial charge in [0, 0.05) is 43.0 Å². The van der Waals surface area contributed by atoms with Gasteiger partial charge >= 0.3 is 11.9 Å². The molecule has 11 nitrogen and oxygen atoms in total. The number of carbonyl (C=O) groups is 2. The zero-order valence-corrected chi connectivity index (χ0v) is 30.6. The zero-order valence-electron chi connectivity index (χ0n) is 28.3. The predicted octanol–water partition coefficient (Wildman–Crippen LogP) is 5.47. The van der Waals surface area contributed by atoms with Gasteiger partial charge in [0.25, 0.3) is 0 Å². The Morgan fingerprint density at radius 3 is 2.40 bits per heavy atom. The number of likely N-dealkylation sites (N-methyl/N-ethyl adjacent to an activating group) is 2. The second kappa shape index (κ2) is 17.3. The van der Waals surface area contributed by atoms with E-state index in [4.69, 9.17) is 42.1 Å². The monoisotopic (exact) mass is 742 g/mol. The SMILES string of the molecule is COc1ccc(C(Cc2c(Cl)c[n+]([O-])cc2Cl)OC(=O)c2ccc(CNC(C(=O)OC[C@@H]3CN(C)CCN3C)c3ccccc3)s2)cc1OC. The average molecular weight is 744 g/mol. The Morgan fingerprint density at radius 2 is 1.70 bits per heavy atom. The molecule has 0 spiro atoms. The summed E-state index contributed by atoms with van der Waals surface area (Å²) in [5.74, 6) is 0.0190. The third kappa shape index (κ3) is 9.45. The Bertz CT molecular complexity index is 1750. The molecule has 1 fully saturated rings. The summed E-state index contributed by atoms with van der Waals surface area (Å²) in [7, 11) is 7.15. The maximum Gasteiger partial charge on any atom is 0.348 e. The van der Waals surface area contributed by atoms with Gasteiger partial charge in [-0.25, -0.2) is 9.59 Å². The molecule has 0 amide bonds. The van der Waals surface area contributed by atoms with Gasteiger partial charge in [0.15, 0.2) is 23.9 Å². The maximum atomic E-state index is 13.6. The first-order valence-electron chi connectivity index (χ1n) is 16.0. The van der Waals surface area contributed by atoms with Gasteiger partial charge < -0.3 is 29.1 Å². The van der Waals surface area contributed by atoms with Crippen LogP contribution in [0, 0.1) is 5.21 Å². The van der Waals surface area contributed by atoms with Gasteiger partial charge in [-0.15, -0.1) is 11.3 Å². The lowest BCUT2D eigenvalue weighted by Crippen LogP contribution is -2.52. The van der Waals surface area contributed by atoms with Crippen LogP contribution in [0.2, 0.25) is 10.0 Å². The number of methoxy groups -OCH3 is 2. The molecule has 0 aliphatic carbocycles. The van der Waals surface area contributed by atoms with Gasteiger partial charge in [0.05, 0.1) is 20.3 Å². The smallest absolute Gasteiger partial charge is 0.348 e. The van der Waals surface area contributed by atoms with Crippen molar-refractivity contribution in [1.29, 1.82) is 0 Å². The molecule has 0 radical (unpaired) electrons. The van der Waals surface area contributed by atoms with Crippen molar-refractivity contribution in [2.45, 2.75) is 31.2 Å². The molecule has 2 aromatic heterocycles. The van der Waals surface area contributed by atoms with E-state index in [0.717, 1.165) is 30.1 Å². The summed E-state index contributed by atoms with van der Waals surface area (Å²) in [5.41, 5.74) is 1.84. The summed E-state index contributed by atoms with van der Waals surface area (Å²) in [6.07, 6.45) is 1.64. The number of pyridine rings is 1. The van der Waals surface area contributed by atoms with E-state index in [1.54, 1.807) is 24.3 Å². The number of hydrogen-bond acceptors (Lipinski definition) is 11. The highest BCUT2D eigenvalue weighted by Crippen LogP contribution is 2.36. The van der Waals surface area contributed by atoms with E-state index in [9.17, 15) is 14.8 Å². The van der Waals surface area contributed by atoms with Crippen LogP contribution in [0.5, 0.6) is 11.5 Å². The number of rotatable bonds is 14. The number of halogens is 2. The fraction of sp³-hybridized carbons (Fsp3) is 0.361. The Kier molecular flexibility index (Phi) is 13.0. The van der Waals surface area contributed by atoms with E-state index in [0.29, 0.717) is 38.8 Å². The Morgan fingerprint density at radius 1 is 0.980 bits per heavy atom. The van der Waals surface area contributed by atoms with Crippen molar-refractivity contribution in [3.05, 3.63) is 115 Å². The van der Waals surface area contributed by atoms with E-state index in [1.807, 2.05) is 43.4 Å². The third-order valence-corrected chi connectivity index (χ3v) is 10.3. The molecule has 1 saturated heterocycles. The number of benzene rings is 2. The van der Waals surface area contributed by atoms with Crippen molar-refractivity contribution in [3.8, 4) is 11.5 Å². The molecule has 2 unspecified atom stereocenters. The minimum absolute atomic E-state index is 0.0906. The topological polar surface area (TPSA) is 117 Å². The molecular weight excluding hydrogens is 703 g/mol. The van der Waals surface area contributed by atoms with Gasteiger partial charge in [-0.2, -0.15) is 4.73 Å². The molecule has 1 N–H and O–H groups in total. The first-order chi connectivity index (χ1) is 24.1. The van der Waals surface area contributed by atoms with Gasteiger partial charge in [-0.1, -0.05) is 59.6 Å². The lowest BCUT2D eigenvalue weighted by Gasteiger charge is -2.37. The van der Waals surface area contributed by atoms with Crippen molar-refractivity contribution in [2.75, 3.05) is 54.6 Å². The Hall–Kier alpha value is -3.91. The fourth-order valence-electron chi connectivity index (χ4n) is 5.69. The van der Waals surface area contributed by atoms with Gasteiger partial charge in [0.2, 0.25) is 0 Å². The quantitative estimate of drug-likeness (QED) is 0.101. The van der Waals surface area contributed by atoms with E-state index in [-0.39, 0.29) is 35.1 Å². The number of thiophene rings is 1. The molecule has 50 heavy (non-hydrogen) atoms. The number of aromatic nitrogens is 1. The molecule has 5 rings (SSSR count). The molecule has 1 aliphatic rings. The second-order valence-corrected chi connectivity index (χ2v) is 14.0. The maximum absolute atomic E-state index is 13.6. The summed E-state index contributed by atoms with van der Waals surface area (Å²) in [5, 5.41) is 15.5. The standard InChI is InChI=1S/C36H40Cl2N4O7S/c1-40-14-15-41(2)25(19-40)22-48-36(44)34(23-8-6-5-7-9-23)39-18-26-11-13-33(50-26)35(43)49-31(17-27-28(37)20-42(45)21-29(27)38)24-10-12-30(46-3)32(16-24)47-4/h5-13,16,20-21,25,31,34,39H,14-15,17-19,22H2,1-4H3/t25-,31?,34?/m0/s1. The highest BCUT2D eigenvalue weighted by molar-refractivity contribution is 7.13. The Balaban J connectivity index is 1.30. The molecule has 14 heteroatoms. The van der Waals surface area contributed by atoms with Crippen LogP contribution < -0.4 is 19.5 Å². The van der Waals surface area contributed by atoms with Gasteiger partial charge in [0.1, 0.15) is 33.7 Å². The lowest BCUT2D eigenvalue weighted by molar-refractivity contribution is -0.605. The van der Waals surface area contributed by atoms with Crippen LogP contribution in [0.1, 0.15) is 43.4 Å². The van der Waals surface area contributed by atoms with Gasteiger partial charge in [-0.05, 0) is 49.5 Å². The number of ether oxygens (including phenoxy) is 4. The summed E-state index contributed by atoms with van der Waals surface area (Å²) in [6.45, 7) is 3.30. The van der Waals surface area contributed by atoms with Crippen LogP contribution in [-0.4, -0.2) is 82.3 Å². The molecule has 4 aromatic rings. The first-order valence-corrected chi connectivity index (χ1v) is 17.6. The number of nitrogens with zero attached hydrogens (tertiary/aromatic N) is 3. The van der Waals surface area contributed by atoms with Crippen molar-refractivity contribution in [3.63, 3.8) is 0 Å². The molecular formula is C36H40Cl2N4O7S. The third-order valence-electron chi connectivity index (χ3n) is 8.59. The summed E-state index contributed by atoms with van der Waals surface area (Å²) in [4.78, 5) is 32.6. The van der Waals surface area contributed by atoms with Crippen molar-refractivity contribution in [2.24, 2.45) is 0 Å². The van der Waals surface area contributed by atoms with Crippen molar-refractivity contribution >= 4 is 46.5 Å². The fourth-order valence-corrected chi connectivity index (χ4v) is 7.13. The molecule has 3 heterocycles. The summed E-state index contributed by atoms with van der Waals surface area (Å²) in [6, 6.07) is 17.5. The minimum atomic E-state index is -0.844. The minimum Gasteiger partial charge on any atom is -0.619 e. The Labute approximate surface area is 305 Å². The first kappa shape index (κ1) is 37.3. The molecule has 0 saturated carbocycles. The summed E-state index contributed by atoms with van der Waals surface area (Å²) >= 11 is 14.0.